The van der Waals surface area contributed by atoms with Crippen molar-refractivity contribution in [1.29, 1.82) is 0 Å². The summed E-state index contributed by atoms with van der Waals surface area (Å²) >= 11 is 1.57. The molecule has 0 aliphatic carbocycles. The second-order valence-corrected chi connectivity index (χ2v) is 4.92. The normalized spacial score (nSPS) is 10.7. The van der Waals surface area contributed by atoms with Gasteiger partial charge >= 0.3 is 0 Å². The maximum atomic E-state index is 5.79. The molecule has 0 amide bonds. The van der Waals surface area contributed by atoms with Crippen LogP contribution in [0.3, 0.4) is 0 Å². The largest absolute Gasteiger partial charge is 0.399 e. The van der Waals surface area contributed by atoms with Crippen molar-refractivity contribution in [2.24, 2.45) is 0 Å². The molecule has 0 bridgehead atoms. The van der Waals surface area contributed by atoms with Gasteiger partial charge < -0.3 is 10.3 Å². The Morgan fingerprint density at radius 2 is 2.17 bits per heavy atom. The van der Waals surface area contributed by atoms with Crippen LogP contribution in [0.25, 0.3) is 22.2 Å². The van der Waals surface area contributed by atoms with Gasteiger partial charge in [-0.3, -0.25) is 0 Å². The average molecular weight is 257 g/mol. The minimum absolute atomic E-state index is 0.550. The summed E-state index contributed by atoms with van der Waals surface area (Å²) in [7, 11) is 0. The summed E-state index contributed by atoms with van der Waals surface area (Å²) in [6.45, 7) is 1.96. The summed E-state index contributed by atoms with van der Waals surface area (Å²) in [5.74, 6) is 1.14. The summed E-state index contributed by atoms with van der Waals surface area (Å²) in [4.78, 5) is 5.36. The standard InChI is InChI=1S/C13H11N3OS/c1-8-7-9(4-5-10(8)14)12-15-13(17-16-12)11-3-2-6-18-11/h2-7H,14H2,1H3. The van der Waals surface area contributed by atoms with E-state index in [1.54, 1.807) is 11.3 Å². The van der Waals surface area contributed by atoms with E-state index in [9.17, 15) is 0 Å². The molecule has 2 aromatic heterocycles. The molecule has 3 aromatic rings. The van der Waals surface area contributed by atoms with Gasteiger partial charge in [0.2, 0.25) is 5.82 Å². The van der Waals surface area contributed by atoms with E-state index in [4.69, 9.17) is 10.3 Å². The van der Waals surface area contributed by atoms with Crippen LogP contribution in [0.15, 0.2) is 40.2 Å². The summed E-state index contributed by atoms with van der Waals surface area (Å²) in [5.41, 5.74) is 8.47. The molecule has 5 heteroatoms. The van der Waals surface area contributed by atoms with Crippen LogP contribution in [-0.2, 0) is 0 Å². The van der Waals surface area contributed by atoms with Gasteiger partial charge in [-0.15, -0.1) is 11.3 Å². The highest BCUT2D eigenvalue weighted by molar-refractivity contribution is 7.13. The van der Waals surface area contributed by atoms with Gasteiger partial charge in [0.05, 0.1) is 4.88 Å². The number of nitrogens with zero attached hydrogens (tertiary/aromatic N) is 2. The minimum Gasteiger partial charge on any atom is -0.399 e. The fourth-order valence-corrected chi connectivity index (χ4v) is 2.30. The Morgan fingerprint density at radius 1 is 1.28 bits per heavy atom. The molecule has 0 radical (unpaired) electrons. The summed E-state index contributed by atoms with van der Waals surface area (Å²) < 4.78 is 5.25. The molecule has 0 atom stereocenters. The van der Waals surface area contributed by atoms with Crippen LogP contribution in [0.2, 0.25) is 0 Å². The highest BCUT2D eigenvalue weighted by Crippen LogP contribution is 2.26. The molecule has 3 rings (SSSR count). The molecule has 90 valence electrons. The van der Waals surface area contributed by atoms with Crippen molar-refractivity contribution >= 4 is 17.0 Å². The van der Waals surface area contributed by atoms with Gasteiger partial charge in [0.1, 0.15) is 0 Å². The topological polar surface area (TPSA) is 64.9 Å². The third-order valence-electron chi connectivity index (χ3n) is 2.69. The Bertz CT molecular complexity index is 673. The highest BCUT2D eigenvalue weighted by Gasteiger charge is 2.11. The Hall–Kier alpha value is -2.14. The molecule has 0 saturated heterocycles. The molecule has 18 heavy (non-hydrogen) atoms. The fourth-order valence-electron chi connectivity index (χ4n) is 1.66. The Labute approximate surface area is 108 Å². The van der Waals surface area contributed by atoms with Gasteiger partial charge in [-0.05, 0) is 42.1 Å². The number of aromatic nitrogens is 2. The van der Waals surface area contributed by atoms with E-state index < -0.39 is 0 Å². The van der Waals surface area contributed by atoms with Crippen molar-refractivity contribution in [2.45, 2.75) is 6.92 Å². The van der Waals surface area contributed by atoms with Crippen LogP contribution in [0.4, 0.5) is 5.69 Å². The number of hydrogen-bond acceptors (Lipinski definition) is 5. The predicted octanol–water partition coefficient (Wildman–Crippen LogP) is 3.36. The van der Waals surface area contributed by atoms with Crippen molar-refractivity contribution in [3.8, 4) is 22.2 Å². The monoisotopic (exact) mass is 257 g/mol. The number of anilines is 1. The van der Waals surface area contributed by atoms with Crippen molar-refractivity contribution in [3.63, 3.8) is 0 Å². The van der Waals surface area contributed by atoms with Gasteiger partial charge in [0.15, 0.2) is 0 Å². The lowest BCUT2D eigenvalue weighted by atomic mass is 10.1. The second kappa shape index (κ2) is 4.27. The first-order valence-electron chi connectivity index (χ1n) is 5.48. The summed E-state index contributed by atoms with van der Waals surface area (Å²) in [6, 6.07) is 9.61. The van der Waals surface area contributed by atoms with Gasteiger partial charge in [-0.25, -0.2) is 0 Å². The lowest BCUT2D eigenvalue weighted by Gasteiger charge is -2.00. The molecule has 1 aromatic carbocycles. The average Bonchev–Trinajstić information content (AvgIpc) is 3.01. The van der Waals surface area contributed by atoms with Crippen LogP contribution in [-0.4, -0.2) is 10.1 Å². The Morgan fingerprint density at radius 3 is 2.89 bits per heavy atom. The van der Waals surface area contributed by atoms with Crippen molar-refractivity contribution < 1.29 is 4.52 Å². The fraction of sp³-hybridized carbons (Fsp3) is 0.0769. The van der Waals surface area contributed by atoms with Crippen molar-refractivity contribution in [1.82, 2.24) is 10.1 Å². The first kappa shape index (κ1) is 11.0. The molecule has 4 nitrogen and oxygen atoms in total. The van der Waals surface area contributed by atoms with Crippen LogP contribution in [0.1, 0.15) is 5.56 Å². The Kier molecular flexibility index (Phi) is 2.60. The molecule has 0 saturated carbocycles. The van der Waals surface area contributed by atoms with E-state index in [1.165, 1.54) is 0 Å². The van der Waals surface area contributed by atoms with Gasteiger partial charge in [0.25, 0.3) is 5.89 Å². The molecule has 0 aliphatic rings. The third kappa shape index (κ3) is 1.89. The zero-order valence-corrected chi connectivity index (χ0v) is 10.6. The van der Waals surface area contributed by atoms with Crippen LogP contribution in [0, 0.1) is 6.92 Å². The molecular formula is C13H11N3OS. The second-order valence-electron chi connectivity index (χ2n) is 3.97. The number of nitrogen functional groups attached to an aromatic ring is 1. The van der Waals surface area contributed by atoms with Gasteiger partial charge in [-0.2, -0.15) is 4.98 Å². The molecule has 0 unspecified atom stereocenters. The summed E-state index contributed by atoms with van der Waals surface area (Å²) in [5, 5.41) is 5.97. The number of nitrogens with two attached hydrogens (primary N) is 1. The lowest BCUT2D eigenvalue weighted by Crippen LogP contribution is -1.90. The number of thiophene rings is 1. The first-order valence-corrected chi connectivity index (χ1v) is 6.36. The maximum absolute atomic E-state index is 5.79. The quantitative estimate of drug-likeness (QED) is 0.715. The van der Waals surface area contributed by atoms with E-state index in [2.05, 4.69) is 10.1 Å². The third-order valence-corrected chi connectivity index (χ3v) is 3.54. The molecule has 2 heterocycles. The van der Waals surface area contributed by atoms with Crippen molar-refractivity contribution in [2.75, 3.05) is 5.73 Å². The SMILES string of the molecule is Cc1cc(-c2noc(-c3cccs3)n2)ccc1N. The van der Waals surface area contributed by atoms with Crippen molar-refractivity contribution in [3.05, 3.63) is 41.3 Å². The lowest BCUT2D eigenvalue weighted by molar-refractivity contribution is 0.433. The number of aryl methyl sites for hydroxylation is 1. The molecule has 0 fully saturated rings. The van der Waals surface area contributed by atoms with Crippen LogP contribution < -0.4 is 5.73 Å². The van der Waals surface area contributed by atoms with E-state index in [-0.39, 0.29) is 0 Å². The zero-order chi connectivity index (χ0) is 12.5. The molecule has 0 aliphatic heterocycles. The van der Waals surface area contributed by atoms with E-state index >= 15 is 0 Å². The van der Waals surface area contributed by atoms with Crippen LogP contribution in [0.5, 0.6) is 0 Å². The zero-order valence-electron chi connectivity index (χ0n) is 9.75. The van der Waals surface area contributed by atoms with E-state index in [0.29, 0.717) is 11.7 Å². The molecule has 2 N–H and O–H groups in total. The first-order chi connectivity index (χ1) is 8.74. The summed E-state index contributed by atoms with van der Waals surface area (Å²) in [6.07, 6.45) is 0. The van der Waals surface area contributed by atoms with Gasteiger partial charge in [0, 0.05) is 11.3 Å². The minimum atomic E-state index is 0.550. The maximum Gasteiger partial charge on any atom is 0.268 e. The highest BCUT2D eigenvalue weighted by atomic mass is 32.1. The molecular weight excluding hydrogens is 246 g/mol. The van der Waals surface area contributed by atoms with E-state index in [0.717, 1.165) is 21.7 Å². The smallest absolute Gasteiger partial charge is 0.268 e. The Balaban J connectivity index is 2.00. The number of hydrogen-bond donors (Lipinski definition) is 1. The van der Waals surface area contributed by atoms with E-state index in [1.807, 2.05) is 42.6 Å². The molecule has 0 spiro atoms. The van der Waals surface area contributed by atoms with Gasteiger partial charge in [-0.1, -0.05) is 11.2 Å². The van der Waals surface area contributed by atoms with Crippen LogP contribution >= 0.6 is 11.3 Å². The number of rotatable bonds is 2. The predicted molar refractivity (Wildman–Crippen MR) is 72.2 cm³/mol. The number of benzene rings is 1.